The van der Waals surface area contributed by atoms with Crippen LogP contribution in [0, 0.1) is 0 Å². The van der Waals surface area contributed by atoms with E-state index in [1.54, 1.807) is 0 Å². The number of rotatable bonds is 4. The molecule has 3 fully saturated rings. The van der Waals surface area contributed by atoms with Crippen LogP contribution in [0.1, 0.15) is 58.8 Å². The molecule has 1 heterocycles. The lowest BCUT2D eigenvalue weighted by molar-refractivity contribution is -0.148. The van der Waals surface area contributed by atoms with Gasteiger partial charge in [-0.25, -0.2) is 0 Å². The Hall–Kier alpha value is -0.610. The zero-order chi connectivity index (χ0) is 14.4. The van der Waals surface area contributed by atoms with Gasteiger partial charge >= 0.3 is 5.97 Å². The van der Waals surface area contributed by atoms with E-state index in [1.165, 1.54) is 39.3 Å². The Balaban J connectivity index is 1.73. The second-order valence-corrected chi connectivity index (χ2v) is 7.50. The molecule has 0 radical (unpaired) electrons. The van der Waals surface area contributed by atoms with Crippen LogP contribution in [0.25, 0.3) is 0 Å². The summed E-state index contributed by atoms with van der Waals surface area (Å²) in [5, 5.41) is 3.60. The first-order valence-electron chi connectivity index (χ1n) is 8.10. The molecule has 0 aromatic rings. The normalized spacial score (nSPS) is 37.2. The standard InChI is InChI=1S/C16H28N2O2/c1-15(2)8-4-10-18(15)13-7-9-16(11-13,14(19)20-3)17-12-5-6-12/h12-13,17H,4-11H2,1-3H3. The highest BCUT2D eigenvalue weighted by atomic mass is 16.5. The van der Waals surface area contributed by atoms with Crippen LogP contribution in [0.3, 0.4) is 0 Å². The molecule has 4 nitrogen and oxygen atoms in total. The summed E-state index contributed by atoms with van der Waals surface area (Å²) in [5.41, 5.74) is -0.129. The fourth-order valence-corrected chi connectivity index (χ4v) is 4.28. The molecular weight excluding hydrogens is 252 g/mol. The summed E-state index contributed by atoms with van der Waals surface area (Å²) in [6, 6.07) is 1.07. The van der Waals surface area contributed by atoms with Gasteiger partial charge in [0.05, 0.1) is 7.11 Å². The number of methoxy groups -OCH3 is 1. The Labute approximate surface area is 122 Å². The van der Waals surface area contributed by atoms with Crippen LogP contribution in [0.4, 0.5) is 0 Å². The molecule has 2 aliphatic carbocycles. The van der Waals surface area contributed by atoms with E-state index in [2.05, 4.69) is 24.1 Å². The van der Waals surface area contributed by atoms with E-state index in [9.17, 15) is 4.79 Å². The summed E-state index contributed by atoms with van der Waals surface area (Å²) in [6.45, 7) is 5.86. The van der Waals surface area contributed by atoms with Crippen molar-refractivity contribution in [2.45, 2.75) is 82.0 Å². The van der Waals surface area contributed by atoms with E-state index in [0.29, 0.717) is 12.1 Å². The monoisotopic (exact) mass is 280 g/mol. The summed E-state index contributed by atoms with van der Waals surface area (Å²) in [7, 11) is 1.52. The number of carbonyl (C=O) groups excluding carboxylic acids is 1. The topological polar surface area (TPSA) is 41.6 Å². The van der Waals surface area contributed by atoms with E-state index in [-0.39, 0.29) is 11.5 Å². The Morgan fingerprint density at radius 2 is 2.00 bits per heavy atom. The highest BCUT2D eigenvalue weighted by Crippen LogP contribution is 2.41. The molecule has 20 heavy (non-hydrogen) atoms. The van der Waals surface area contributed by atoms with Crippen LogP contribution < -0.4 is 5.32 Å². The number of esters is 1. The van der Waals surface area contributed by atoms with Gasteiger partial charge in [0.1, 0.15) is 5.54 Å². The van der Waals surface area contributed by atoms with Crippen LogP contribution in [-0.4, -0.2) is 47.7 Å². The van der Waals surface area contributed by atoms with Crippen LogP contribution in [0.2, 0.25) is 0 Å². The predicted octanol–water partition coefficient (Wildman–Crippen LogP) is 2.08. The van der Waals surface area contributed by atoms with Crippen molar-refractivity contribution in [2.75, 3.05) is 13.7 Å². The van der Waals surface area contributed by atoms with Gasteiger partial charge in [0.15, 0.2) is 0 Å². The van der Waals surface area contributed by atoms with Crippen molar-refractivity contribution in [2.24, 2.45) is 0 Å². The second-order valence-electron chi connectivity index (χ2n) is 7.50. The smallest absolute Gasteiger partial charge is 0.326 e. The van der Waals surface area contributed by atoms with Crippen LogP contribution >= 0.6 is 0 Å². The molecule has 1 aliphatic heterocycles. The first-order chi connectivity index (χ1) is 9.47. The van der Waals surface area contributed by atoms with Gasteiger partial charge in [0, 0.05) is 17.6 Å². The number of nitrogens with one attached hydrogen (secondary N) is 1. The van der Waals surface area contributed by atoms with Gasteiger partial charge in [-0.1, -0.05) is 0 Å². The molecule has 0 aromatic carbocycles. The van der Waals surface area contributed by atoms with Crippen LogP contribution in [0.5, 0.6) is 0 Å². The van der Waals surface area contributed by atoms with Crippen molar-refractivity contribution in [1.82, 2.24) is 10.2 Å². The fourth-order valence-electron chi connectivity index (χ4n) is 4.28. The Morgan fingerprint density at radius 1 is 1.25 bits per heavy atom. The van der Waals surface area contributed by atoms with E-state index in [4.69, 9.17) is 4.74 Å². The molecule has 1 N–H and O–H groups in total. The maximum atomic E-state index is 12.3. The zero-order valence-corrected chi connectivity index (χ0v) is 13.1. The molecule has 2 unspecified atom stereocenters. The van der Waals surface area contributed by atoms with Crippen molar-refractivity contribution in [3.63, 3.8) is 0 Å². The van der Waals surface area contributed by atoms with Gasteiger partial charge in [-0.05, 0) is 65.3 Å². The summed E-state index contributed by atoms with van der Waals surface area (Å²) in [4.78, 5) is 14.9. The average Bonchev–Trinajstić information content (AvgIpc) is 2.99. The van der Waals surface area contributed by atoms with Gasteiger partial charge in [-0.15, -0.1) is 0 Å². The van der Waals surface area contributed by atoms with Crippen LogP contribution in [0.15, 0.2) is 0 Å². The number of hydrogen-bond donors (Lipinski definition) is 1. The number of nitrogens with zero attached hydrogens (tertiary/aromatic N) is 1. The van der Waals surface area contributed by atoms with E-state index in [0.717, 1.165) is 19.3 Å². The molecule has 0 aromatic heterocycles. The van der Waals surface area contributed by atoms with Crippen LogP contribution in [-0.2, 0) is 9.53 Å². The molecule has 2 atom stereocenters. The molecule has 114 valence electrons. The molecule has 0 bridgehead atoms. The lowest BCUT2D eigenvalue weighted by Crippen LogP contribution is -2.53. The molecule has 3 aliphatic rings. The van der Waals surface area contributed by atoms with E-state index >= 15 is 0 Å². The molecule has 2 saturated carbocycles. The summed E-state index contributed by atoms with van der Waals surface area (Å²) in [5.74, 6) is -0.0519. The SMILES string of the molecule is COC(=O)C1(NC2CC2)CCC(N2CCCC2(C)C)C1. The lowest BCUT2D eigenvalue weighted by Gasteiger charge is -2.37. The molecule has 4 heteroatoms. The summed E-state index contributed by atoms with van der Waals surface area (Å²) < 4.78 is 5.11. The largest absolute Gasteiger partial charge is 0.468 e. The second kappa shape index (κ2) is 4.99. The Kier molecular flexibility index (Phi) is 3.57. The van der Waals surface area contributed by atoms with Gasteiger partial charge in [-0.2, -0.15) is 0 Å². The minimum absolute atomic E-state index is 0.0519. The lowest BCUT2D eigenvalue weighted by atomic mass is 9.95. The fraction of sp³-hybridized carbons (Fsp3) is 0.938. The third kappa shape index (κ3) is 2.48. The molecule has 3 rings (SSSR count). The van der Waals surface area contributed by atoms with Gasteiger partial charge < -0.3 is 4.74 Å². The van der Waals surface area contributed by atoms with Gasteiger partial charge in [-0.3, -0.25) is 15.0 Å². The van der Waals surface area contributed by atoms with Crippen molar-refractivity contribution in [3.05, 3.63) is 0 Å². The van der Waals surface area contributed by atoms with E-state index in [1.807, 2.05) is 0 Å². The minimum atomic E-state index is -0.417. The van der Waals surface area contributed by atoms with Crippen molar-refractivity contribution >= 4 is 5.97 Å². The first-order valence-corrected chi connectivity index (χ1v) is 8.10. The third-order valence-corrected chi connectivity index (χ3v) is 5.53. The zero-order valence-electron chi connectivity index (χ0n) is 13.1. The number of likely N-dealkylation sites (tertiary alicyclic amines) is 1. The highest BCUT2D eigenvalue weighted by molar-refractivity contribution is 5.81. The minimum Gasteiger partial charge on any atom is -0.468 e. The molecule has 0 spiro atoms. The third-order valence-electron chi connectivity index (χ3n) is 5.53. The molecule has 0 amide bonds. The quantitative estimate of drug-likeness (QED) is 0.801. The van der Waals surface area contributed by atoms with Crippen molar-refractivity contribution in [1.29, 1.82) is 0 Å². The van der Waals surface area contributed by atoms with Crippen molar-refractivity contribution in [3.8, 4) is 0 Å². The highest BCUT2D eigenvalue weighted by Gasteiger charge is 2.52. The molecule has 1 saturated heterocycles. The number of ether oxygens (including phenoxy) is 1. The first kappa shape index (κ1) is 14.3. The number of carbonyl (C=O) groups is 1. The Bertz CT molecular complexity index is 392. The summed E-state index contributed by atoms with van der Waals surface area (Å²) in [6.07, 6.45) is 7.91. The number of hydrogen-bond acceptors (Lipinski definition) is 4. The van der Waals surface area contributed by atoms with E-state index < -0.39 is 5.54 Å². The Morgan fingerprint density at radius 3 is 2.55 bits per heavy atom. The molecular formula is C16H28N2O2. The average molecular weight is 280 g/mol. The van der Waals surface area contributed by atoms with Gasteiger partial charge in [0.2, 0.25) is 0 Å². The van der Waals surface area contributed by atoms with Gasteiger partial charge in [0.25, 0.3) is 0 Å². The maximum absolute atomic E-state index is 12.3. The summed E-state index contributed by atoms with van der Waals surface area (Å²) >= 11 is 0. The maximum Gasteiger partial charge on any atom is 0.326 e. The predicted molar refractivity (Wildman–Crippen MR) is 78.6 cm³/mol. The van der Waals surface area contributed by atoms with Crippen molar-refractivity contribution < 1.29 is 9.53 Å².